The summed E-state index contributed by atoms with van der Waals surface area (Å²) in [5.74, 6) is -0.462. The lowest BCUT2D eigenvalue weighted by Crippen LogP contribution is -2.22. The van der Waals surface area contributed by atoms with E-state index in [1.807, 2.05) is 0 Å². The summed E-state index contributed by atoms with van der Waals surface area (Å²) in [6, 6.07) is 7.70. The van der Waals surface area contributed by atoms with Crippen LogP contribution >= 0.6 is 0 Å². The monoisotopic (exact) mass is 369 g/mol. The third kappa shape index (κ3) is 4.22. The van der Waals surface area contributed by atoms with Crippen LogP contribution in [0.3, 0.4) is 0 Å². The fourth-order valence-corrected chi connectivity index (χ4v) is 3.13. The van der Waals surface area contributed by atoms with Crippen LogP contribution in [0, 0.1) is 15.9 Å². The maximum atomic E-state index is 13.8. The minimum absolute atomic E-state index is 0.0898. The van der Waals surface area contributed by atoms with Crippen molar-refractivity contribution in [2.45, 2.75) is 11.4 Å². The molecule has 0 saturated heterocycles. The van der Waals surface area contributed by atoms with Gasteiger partial charge in [-0.1, -0.05) is 6.07 Å². The second-order valence-corrected chi connectivity index (χ2v) is 6.81. The molecule has 134 valence electrons. The van der Waals surface area contributed by atoms with Crippen LogP contribution in [0.25, 0.3) is 0 Å². The second kappa shape index (κ2) is 7.03. The van der Waals surface area contributed by atoms with E-state index < -0.39 is 26.5 Å². The number of hydrogen-bond donors (Lipinski definition) is 1. The lowest BCUT2D eigenvalue weighted by molar-refractivity contribution is -0.385. The van der Waals surface area contributed by atoms with Gasteiger partial charge in [0, 0.05) is 25.7 Å². The van der Waals surface area contributed by atoms with Crippen molar-refractivity contribution in [1.82, 2.24) is 0 Å². The molecule has 2 aromatic rings. The molecule has 0 bridgehead atoms. The molecule has 0 aliphatic carbocycles. The Balaban J connectivity index is 2.40. The summed E-state index contributed by atoms with van der Waals surface area (Å²) in [6.45, 7) is 0.154. The van der Waals surface area contributed by atoms with E-state index in [9.17, 15) is 22.9 Å². The van der Waals surface area contributed by atoms with Gasteiger partial charge >= 0.3 is 0 Å². The van der Waals surface area contributed by atoms with E-state index >= 15 is 0 Å². The fourth-order valence-electron chi connectivity index (χ4n) is 2.33. The molecule has 0 heterocycles. The van der Waals surface area contributed by atoms with Gasteiger partial charge < -0.3 is 9.64 Å². The van der Waals surface area contributed by atoms with Crippen molar-refractivity contribution in [3.8, 4) is 5.75 Å². The van der Waals surface area contributed by atoms with Crippen LogP contribution in [-0.4, -0.2) is 27.5 Å². The van der Waals surface area contributed by atoms with Crippen LogP contribution in [0.2, 0.25) is 0 Å². The molecule has 2 aromatic carbocycles. The lowest BCUT2D eigenvalue weighted by Gasteiger charge is -2.22. The summed E-state index contributed by atoms with van der Waals surface area (Å²) in [4.78, 5) is 11.3. The van der Waals surface area contributed by atoms with Crippen LogP contribution in [0.15, 0.2) is 41.3 Å². The fraction of sp³-hybridized carbons (Fsp3) is 0.200. The molecule has 0 spiro atoms. The minimum Gasteiger partial charge on any atom is -0.494 e. The Hall–Kier alpha value is -2.72. The number of non-ortho nitro benzene ring substituents is 1. The normalized spacial score (nSPS) is 11.2. The number of hydrogen-bond acceptors (Lipinski definition) is 6. The zero-order valence-electron chi connectivity index (χ0n) is 13.5. The molecule has 0 radical (unpaired) electrons. The number of halogens is 1. The van der Waals surface area contributed by atoms with Gasteiger partial charge in [-0.2, -0.15) is 0 Å². The molecule has 0 aromatic heterocycles. The molecular formula is C15H16FN3O5S. The third-order valence-corrected chi connectivity index (χ3v) is 4.45. The van der Waals surface area contributed by atoms with Crippen LogP contribution in [0.4, 0.5) is 15.8 Å². The summed E-state index contributed by atoms with van der Waals surface area (Å²) in [6.07, 6.45) is 0. The summed E-state index contributed by atoms with van der Waals surface area (Å²) >= 11 is 0. The predicted molar refractivity (Wildman–Crippen MR) is 89.5 cm³/mol. The number of nitrogens with two attached hydrogens (primary N) is 1. The van der Waals surface area contributed by atoms with Gasteiger partial charge in [-0.3, -0.25) is 10.1 Å². The number of rotatable bonds is 6. The highest BCUT2D eigenvalue weighted by Gasteiger charge is 2.21. The van der Waals surface area contributed by atoms with Gasteiger partial charge in [0.25, 0.3) is 5.69 Å². The van der Waals surface area contributed by atoms with E-state index in [2.05, 4.69) is 0 Å². The number of anilines is 1. The van der Waals surface area contributed by atoms with Crippen LogP contribution in [0.1, 0.15) is 5.56 Å². The Labute approximate surface area is 143 Å². The number of primary sulfonamides is 1. The number of benzene rings is 2. The molecule has 2 rings (SSSR count). The number of methoxy groups -OCH3 is 1. The van der Waals surface area contributed by atoms with E-state index in [-0.39, 0.29) is 22.9 Å². The first-order valence-electron chi connectivity index (χ1n) is 6.98. The van der Waals surface area contributed by atoms with Crippen molar-refractivity contribution in [2.75, 3.05) is 19.1 Å². The molecule has 0 fully saturated rings. The topological polar surface area (TPSA) is 116 Å². The Morgan fingerprint density at radius 3 is 2.48 bits per heavy atom. The average molecular weight is 369 g/mol. The van der Waals surface area contributed by atoms with E-state index in [1.165, 1.54) is 36.3 Å². The minimum atomic E-state index is -4.19. The number of sulfonamides is 1. The van der Waals surface area contributed by atoms with Gasteiger partial charge in [0.05, 0.1) is 17.7 Å². The molecule has 0 aliphatic heterocycles. The lowest BCUT2D eigenvalue weighted by atomic mass is 10.2. The van der Waals surface area contributed by atoms with Gasteiger partial charge in [0.2, 0.25) is 10.0 Å². The summed E-state index contributed by atoms with van der Waals surface area (Å²) in [5.41, 5.74) is 0.334. The van der Waals surface area contributed by atoms with Gasteiger partial charge in [-0.15, -0.1) is 0 Å². The molecule has 2 N–H and O–H groups in total. The van der Waals surface area contributed by atoms with E-state index in [0.717, 1.165) is 6.07 Å². The van der Waals surface area contributed by atoms with Crippen LogP contribution in [0.5, 0.6) is 5.75 Å². The number of ether oxygens (including phenoxy) is 1. The van der Waals surface area contributed by atoms with Gasteiger partial charge in [0.1, 0.15) is 4.90 Å². The Kier molecular flexibility index (Phi) is 5.24. The quantitative estimate of drug-likeness (QED) is 0.615. The van der Waals surface area contributed by atoms with Gasteiger partial charge in [-0.05, 0) is 23.8 Å². The highest BCUT2D eigenvalue weighted by atomic mass is 32.2. The molecule has 0 atom stereocenters. The van der Waals surface area contributed by atoms with Crippen LogP contribution in [-0.2, 0) is 16.6 Å². The first kappa shape index (κ1) is 18.6. The standard InChI is InChI=1S/C15H16FN3O5S/c1-18(9-10-3-6-14(24-2)12(16)7-10)13-5-4-11(19(20)21)8-15(13)25(17,22)23/h3-8H,9H2,1-2H3,(H2,17,22,23). The molecule has 25 heavy (non-hydrogen) atoms. The zero-order valence-corrected chi connectivity index (χ0v) is 14.3. The Bertz CT molecular complexity index is 917. The predicted octanol–water partition coefficient (Wildman–Crippen LogP) is 2.03. The SMILES string of the molecule is COc1ccc(CN(C)c2ccc([N+](=O)[O-])cc2S(N)(=O)=O)cc1F. The Morgan fingerprint density at radius 1 is 1.28 bits per heavy atom. The highest BCUT2D eigenvalue weighted by Crippen LogP contribution is 2.29. The molecule has 0 amide bonds. The van der Waals surface area contributed by atoms with Crippen molar-refractivity contribution in [3.63, 3.8) is 0 Å². The number of nitrogens with zero attached hydrogens (tertiary/aromatic N) is 2. The van der Waals surface area contributed by atoms with Crippen molar-refractivity contribution >= 4 is 21.4 Å². The van der Waals surface area contributed by atoms with Crippen molar-refractivity contribution in [1.29, 1.82) is 0 Å². The average Bonchev–Trinajstić information content (AvgIpc) is 2.53. The molecular weight excluding hydrogens is 353 g/mol. The van der Waals surface area contributed by atoms with Crippen molar-refractivity contribution in [2.24, 2.45) is 5.14 Å². The highest BCUT2D eigenvalue weighted by molar-refractivity contribution is 7.89. The Morgan fingerprint density at radius 2 is 1.96 bits per heavy atom. The van der Waals surface area contributed by atoms with E-state index in [0.29, 0.717) is 5.56 Å². The number of nitro benzene ring substituents is 1. The zero-order chi connectivity index (χ0) is 18.8. The van der Waals surface area contributed by atoms with Crippen molar-refractivity contribution < 1.29 is 22.5 Å². The van der Waals surface area contributed by atoms with Crippen molar-refractivity contribution in [3.05, 3.63) is 57.9 Å². The molecule has 8 nitrogen and oxygen atoms in total. The maximum Gasteiger partial charge on any atom is 0.270 e. The molecule has 10 heteroatoms. The summed E-state index contributed by atoms with van der Waals surface area (Å²) in [7, 11) is -1.27. The summed E-state index contributed by atoms with van der Waals surface area (Å²) in [5, 5.41) is 16.0. The first-order valence-corrected chi connectivity index (χ1v) is 8.53. The van der Waals surface area contributed by atoms with E-state index in [1.54, 1.807) is 13.1 Å². The molecule has 0 saturated carbocycles. The maximum absolute atomic E-state index is 13.8. The third-order valence-electron chi connectivity index (χ3n) is 3.51. The number of nitro groups is 1. The molecule has 0 aliphatic rings. The molecule has 0 unspecified atom stereocenters. The van der Waals surface area contributed by atoms with E-state index in [4.69, 9.17) is 9.88 Å². The van der Waals surface area contributed by atoms with Gasteiger partial charge in [0.15, 0.2) is 11.6 Å². The first-order chi connectivity index (χ1) is 11.6. The largest absolute Gasteiger partial charge is 0.494 e. The van der Waals surface area contributed by atoms with Crippen LogP contribution < -0.4 is 14.8 Å². The smallest absolute Gasteiger partial charge is 0.270 e. The second-order valence-electron chi connectivity index (χ2n) is 5.28. The summed E-state index contributed by atoms with van der Waals surface area (Å²) < 4.78 is 42.2. The van der Waals surface area contributed by atoms with Gasteiger partial charge in [-0.25, -0.2) is 17.9 Å².